The number of nitrogens with zero attached hydrogens (tertiary/aromatic N) is 2. The molecular formula is C21H16N4O2. The summed E-state index contributed by atoms with van der Waals surface area (Å²) in [5.74, 6) is -0.192. The number of fused-ring (bicyclic) bond motifs is 1. The topological polar surface area (TPSA) is 116 Å². The van der Waals surface area contributed by atoms with Gasteiger partial charge in [-0.2, -0.15) is 10.5 Å². The fourth-order valence-electron chi connectivity index (χ4n) is 3.16. The summed E-state index contributed by atoms with van der Waals surface area (Å²) in [4.78, 5) is 14.5. The lowest BCUT2D eigenvalue weighted by Gasteiger charge is -2.10. The molecule has 1 aliphatic heterocycles. The number of aromatic amines is 1. The number of carbonyl (C=O) groups excluding carboxylic acids is 1. The van der Waals surface area contributed by atoms with Crippen molar-refractivity contribution in [2.45, 2.75) is 6.92 Å². The van der Waals surface area contributed by atoms with Gasteiger partial charge in [-0.05, 0) is 46.7 Å². The van der Waals surface area contributed by atoms with E-state index in [-0.39, 0.29) is 5.82 Å². The molecule has 0 fully saturated rings. The summed E-state index contributed by atoms with van der Waals surface area (Å²) in [5, 5.41) is 20.2. The van der Waals surface area contributed by atoms with Crippen molar-refractivity contribution in [2.24, 2.45) is 0 Å². The highest BCUT2D eigenvalue weighted by molar-refractivity contribution is 5.89. The van der Waals surface area contributed by atoms with Gasteiger partial charge in [0.15, 0.2) is 0 Å². The van der Waals surface area contributed by atoms with Gasteiger partial charge in [-0.15, -0.1) is 0 Å². The van der Waals surface area contributed by atoms with Crippen molar-refractivity contribution in [3.8, 4) is 23.4 Å². The lowest BCUT2D eigenvalue weighted by molar-refractivity contribution is 0.0600. The molecule has 1 aromatic rings. The fourth-order valence-corrected chi connectivity index (χ4v) is 3.16. The number of H-pyrrole nitrogens is 1. The lowest BCUT2D eigenvalue weighted by atomic mass is 10.0. The second-order valence-electron chi connectivity index (χ2n) is 6.04. The fraction of sp³-hybridized carbons (Fsp3) is 0.0952. The number of anilines is 1. The van der Waals surface area contributed by atoms with E-state index in [1.807, 2.05) is 6.08 Å². The first-order valence-electron chi connectivity index (χ1n) is 8.05. The Hall–Kier alpha value is -4.03. The van der Waals surface area contributed by atoms with Crippen molar-refractivity contribution in [3.63, 3.8) is 0 Å². The number of rotatable bonds is 2. The Kier molecular flexibility index (Phi) is 4.41. The van der Waals surface area contributed by atoms with Gasteiger partial charge in [-0.1, -0.05) is 18.7 Å². The summed E-state index contributed by atoms with van der Waals surface area (Å²) in [6.07, 6.45) is 1.87. The zero-order chi connectivity index (χ0) is 19.7. The van der Waals surface area contributed by atoms with Crippen LogP contribution in [0.25, 0.3) is 23.9 Å². The van der Waals surface area contributed by atoms with Crippen molar-refractivity contribution in [1.29, 1.82) is 10.5 Å². The molecule has 0 radical (unpaired) electrons. The number of nitrogens with one attached hydrogen (secondary N) is 1. The molecule has 0 bridgehead atoms. The third-order valence-corrected chi connectivity index (χ3v) is 4.54. The molecule has 0 aromatic heterocycles. The van der Waals surface area contributed by atoms with Gasteiger partial charge in [0.05, 0.1) is 29.5 Å². The summed E-state index contributed by atoms with van der Waals surface area (Å²) in [7, 11) is 1.33. The van der Waals surface area contributed by atoms with Gasteiger partial charge in [0.1, 0.15) is 18.0 Å². The predicted octanol–water partition coefficient (Wildman–Crippen LogP) is 1.78. The van der Waals surface area contributed by atoms with Crippen LogP contribution in [0, 0.1) is 29.6 Å². The first-order valence-corrected chi connectivity index (χ1v) is 8.05. The number of esters is 1. The molecule has 6 heteroatoms. The Morgan fingerprint density at radius 1 is 1.22 bits per heavy atom. The average molecular weight is 356 g/mol. The van der Waals surface area contributed by atoms with E-state index < -0.39 is 5.97 Å². The van der Waals surface area contributed by atoms with Crippen molar-refractivity contribution < 1.29 is 9.53 Å². The number of hydrogen-bond donors (Lipinski definition) is 2. The Labute approximate surface area is 155 Å². The zero-order valence-electron chi connectivity index (χ0n) is 14.9. The van der Waals surface area contributed by atoms with Crippen LogP contribution in [0.4, 0.5) is 5.82 Å². The SMILES string of the molecule is C=c1c(C#N)c2[nH]c(N)c(C#N)c(C)c-2/c1=C\c1ccc(C(=O)OC)cc1. The molecule has 3 N–H and O–H groups in total. The highest BCUT2D eigenvalue weighted by atomic mass is 16.5. The van der Waals surface area contributed by atoms with Gasteiger partial charge < -0.3 is 15.5 Å². The quantitative estimate of drug-likeness (QED) is 0.679. The summed E-state index contributed by atoms with van der Waals surface area (Å²) < 4.78 is 4.70. The smallest absolute Gasteiger partial charge is 0.337 e. The maximum Gasteiger partial charge on any atom is 0.337 e. The minimum Gasteiger partial charge on any atom is -0.465 e. The first kappa shape index (κ1) is 17.8. The molecule has 0 atom stereocenters. The van der Waals surface area contributed by atoms with Gasteiger partial charge >= 0.3 is 5.97 Å². The third-order valence-electron chi connectivity index (χ3n) is 4.54. The number of nitriles is 2. The van der Waals surface area contributed by atoms with E-state index in [0.717, 1.165) is 16.3 Å². The molecule has 3 rings (SSSR count). The molecule has 132 valence electrons. The third kappa shape index (κ3) is 2.80. The van der Waals surface area contributed by atoms with E-state index in [9.17, 15) is 15.3 Å². The molecule has 0 amide bonds. The van der Waals surface area contributed by atoms with E-state index in [1.54, 1.807) is 31.2 Å². The number of hydrogen-bond acceptors (Lipinski definition) is 5. The molecule has 0 spiro atoms. The van der Waals surface area contributed by atoms with Crippen LogP contribution >= 0.6 is 0 Å². The van der Waals surface area contributed by atoms with E-state index in [1.165, 1.54) is 7.11 Å². The standard InChI is InChI=1S/C21H16N4O2/c1-11-15(8-13-4-6-14(7-5-13)21(26)27-3)18-12(2)17(10-23)20(24)25-19(18)16(11)9-22/h4-8,25H,1,24H2,2-3H3/b15-8-. The summed E-state index contributed by atoms with van der Waals surface area (Å²) in [6, 6.07) is 11.1. The van der Waals surface area contributed by atoms with Crippen LogP contribution < -0.4 is 16.2 Å². The Morgan fingerprint density at radius 2 is 1.85 bits per heavy atom. The molecule has 1 heterocycles. The van der Waals surface area contributed by atoms with Crippen molar-refractivity contribution in [1.82, 2.24) is 4.98 Å². The van der Waals surface area contributed by atoms with Crippen LogP contribution in [0.5, 0.6) is 0 Å². The van der Waals surface area contributed by atoms with Gasteiger partial charge in [-0.25, -0.2) is 4.79 Å². The van der Waals surface area contributed by atoms with Crippen molar-refractivity contribution in [2.75, 3.05) is 12.8 Å². The molecule has 0 saturated heterocycles. The molecule has 2 aliphatic rings. The second kappa shape index (κ2) is 6.70. The van der Waals surface area contributed by atoms with Gasteiger partial charge in [0, 0.05) is 5.56 Å². The van der Waals surface area contributed by atoms with E-state index >= 15 is 0 Å². The molecule has 1 aromatic carbocycles. The highest BCUT2D eigenvalue weighted by Crippen LogP contribution is 2.28. The van der Waals surface area contributed by atoms with Crippen LogP contribution in [0.2, 0.25) is 0 Å². The Bertz CT molecular complexity index is 1220. The highest BCUT2D eigenvalue weighted by Gasteiger charge is 2.21. The van der Waals surface area contributed by atoms with Gasteiger partial charge in [-0.3, -0.25) is 0 Å². The number of ether oxygens (including phenoxy) is 1. The van der Waals surface area contributed by atoms with Crippen LogP contribution in [0.3, 0.4) is 0 Å². The van der Waals surface area contributed by atoms with Crippen molar-refractivity contribution in [3.05, 3.63) is 62.5 Å². The minimum atomic E-state index is -0.412. The molecule has 27 heavy (non-hydrogen) atoms. The van der Waals surface area contributed by atoms with Gasteiger partial charge in [0.25, 0.3) is 0 Å². The van der Waals surface area contributed by atoms with E-state index in [0.29, 0.717) is 33.2 Å². The summed E-state index contributed by atoms with van der Waals surface area (Å²) in [6.45, 7) is 5.83. The van der Waals surface area contributed by atoms with Crippen LogP contribution in [0.1, 0.15) is 32.6 Å². The molecule has 0 unspecified atom stereocenters. The lowest BCUT2D eigenvalue weighted by Crippen LogP contribution is -2.21. The molecular weight excluding hydrogens is 340 g/mol. The van der Waals surface area contributed by atoms with Crippen LogP contribution in [-0.2, 0) is 4.74 Å². The minimum absolute atomic E-state index is 0.220. The average Bonchev–Trinajstić information content (AvgIpc) is 2.93. The monoisotopic (exact) mass is 356 g/mol. The maximum absolute atomic E-state index is 11.6. The number of pyridine rings is 1. The zero-order valence-corrected chi connectivity index (χ0v) is 14.9. The number of benzene rings is 1. The normalized spacial score (nSPS) is 11.2. The largest absolute Gasteiger partial charge is 0.465 e. The Balaban J connectivity index is 2.32. The van der Waals surface area contributed by atoms with Gasteiger partial charge in [0.2, 0.25) is 0 Å². The summed E-state index contributed by atoms with van der Waals surface area (Å²) >= 11 is 0. The second-order valence-corrected chi connectivity index (χ2v) is 6.04. The molecule has 1 aliphatic carbocycles. The van der Waals surface area contributed by atoms with Crippen LogP contribution in [-0.4, -0.2) is 18.1 Å². The number of nitrogen functional groups attached to an aromatic ring is 1. The first-order chi connectivity index (χ1) is 12.9. The summed E-state index contributed by atoms with van der Waals surface area (Å²) in [5.41, 5.74) is 9.91. The molecule has 6 nitrogen and oxygen atoms in total. The predicted molar refractivity (Wildman–Crippen MR) is 102 cm³/mol. The number of methoxy groups -OCH3 is 1. The number of carbonyl (C=O) groups is 1. The number of nitrogens with two attached hydrogens (primary N) is 1. The van der Waals surface area contributed by atoms with E-state index in [2.05, 4.69) is 23.7 Å². The van der Waals surface area contributed by atoms with E-state index in [4.69, 9.17) is 10.5 Å². The van der Waals surface area contributed by atoms with Crippen LogP contribution in [0.15, 0.2) is 24.3 Å². The Morgan fingerprint density at radius 3 is 2.41 bits per heavy atom. The maximum atomic E-state index is 11.6. The van der Waals surface area contributed by atoms with Crippen molar-refractivity contribution >= 4 is 24.4 Å². The number of aromatic nitrogens is 1. The molecule has 0 saturated carbocycles.